The molecule has 1 aliphatic carbocycles. The van der Waals surface area contributed by atoms with E-state index in [-0.39, 0.29) is 5.92 Å². The van der Waals surface area contributed by atoms with Crippen LogP contribution in [-0.4, -0.2) is 19.9 Å². The summed E-state index contributed by atoms with van der Waals surface area (Å²) in [4.78, 5) is 20.6. The highest BCUT2D eigenvalue weighted by atomic mass is 14.9. The van der Waals surface area contributed by atoms with Crippen LogP contribution in [-0.2, 0) is 0 Å². The fourth-order valence-corrected chi connectivity index (χ4v) is 7.90. The highest BCUT2D eigenvalue weighted by Gasteiger charge is 2.18. The molecule has 9 aromatic rings. The van der Waals surface area contributed by atoms with E-state index in [2.05, 4.69) is 183 Å². The van der Waals surface area contributed by atoms with Gasteiger partial charge in [0.25, 0.3) is 0 Å². The van der Waals surface area contributed by atoms with Crippen molar-refractivity contribution in [3.8, 4) is 56.3 Å². The molecular formula is C53H38N4. The van der Waals surface area contributed by atoms with Crippen molar-refractivity contribution in [3.63, 3.8) is 0 Å². The number of hydrogen-bond donors (Lipinski definition) is 0. The third kappa shape index (κ3) is 6.83. The van der Waals surface area contributed by atoms with Gasteiger partial charge in [0.1, 0.15) is 0 Å². The Labute approximate surface area is 332 Å². The number of aromatic nitrogens is 4. The van der Waals surface area contributed by atoms with Crippen LogP contribution in [0.4, 0.5) is 0 Å². The minimum absolute atomic E-state index is 0.220. The molecule has 4 nitrogen and oxygen atoms in total. The lowest BCUT2D eigenvalue weighted by molar-refractivity contribution is 0.864. The van der Waals surface area contributed by atoms with Crippen molar-refractivity contribution in [2.24, 2.45) is 0 Å². The Balaban J connectivity index is 0.944. The molecule has 0 N–H and O–H groups in total. The van der Waals surface area contributed by atoms with Crippen molar-refractivity contribution in [1.29, 1.82) is 0 Å². The van der Waals surface area contributed by atoms with E-state index in [0.29, 0.717) is 5.82 Å². The number of hydrogen-bond acceptors (Lipinski definition) is 4. The normalized spacial score (nSPS) is 13.8. The maximum atomic E-state index is 5.29. The van der Waals surface area contributed by atoms with Gasteiger partial charge < -0.3 is 0 Å². The first kappa shape index (κ1) is 34.2. The lowest BCUT2D eigenvalue weighted by atomic mass is 9.86. The van der Waals surface area contributed by atoms with Crippen molar-refractivity contribution in [2.45, 2.75) is 19.3 Å². The molecule has 1 atom stereocenters. The number of aryl methyl sites for hydroxylation is 1. The van der Waals surface area contributed by atoms with E-state index in [1.807, 2.05) is 18.2 Å². The first-order chi connectivity index (χ1) is 28.1. The molecule has 1 aliphatic rings. The molecule has 0 radical (unpaired) electrons. The quantitative estimate of drug-likeness (QED) is 0.153. The SMILES string of the molecule is Cc1cc(-c2ccccc2)nc2c1ccc1ccc(C3=CC=CC(c4ccc(-c5cc(-c6ccccc6)nc(-c6ccc(-c7ccccc7)cc6)n5)cc4)C3)nc12. The number of pyridine rings is 2. The summed E-state index contributed by atoms with van der Waals surface area (Å²) < 4.78 is 0. The Morgan fingerprint density at radius 3 is 1.63 bits per heavy atom. The average Bonchev–Trinajstić information content (AvgIpc) is 3.29. The van der Waals surface area contributed by atoms with Crippen molar-refractivity contribution < 1.29 is 0 Å². The zero-order chi connectivity index (χ0) is 38.1. The predicted molar refractivity (Wildman–Crippen MR) is 235 cm³/mol. The molecule has 6 aromatic carbocycles. The molecule has 0 amide bonds. The molecular weight excluding hydrogens is 693 g/mol. The summed E-state index contributed by atoms with van der Waals surface area (Å²) in [7, 11) is 0. The van der Waals surface area contributed by atoms with Crippen LogP contribution in [0.5, 0.6) is 0 Å². The molecule has 0 aliphatic heterocycles. The van der Waals surface area contributed by atoms with E-state index in [0.717, 1.165) is 73.3 Å². The summed E-state index contributed by atoms with van der Waals surface area (Å²) in [6.07, 6.45) is 7.53. The second kappa shape index (κ2) is 14.7. The van der Waals surface area contributed by atoms with E-state index in [1.165, 1.54) is 27.8 Å². The lowest BCUT2D eigenvalue weighted by Crippen LogP contribution is -2.03. The fraction of sp³-hybridized carbons (Fsp3) is 0.0566. The van der Waals surface area contributed by atoms with Gasteiger partial charge in [0.15, 0.2) is 5.82 Å². The Hall–Kier alpha value is -7.30. The zero-order valence-electron chi connectivity index (χ0n) is 31.5. The minimum Gasteiger partial charge on any atom is -0.246 e. The first-order valence-electron chi connectivity index (χ1n) is 19.5. The summed E-state index contributed by atoms with van der Waals surface area (Å²) in [5.41, 5.74) is 15.9. The van der Waals surface area contributed by atoms with Gasteiger partial charge in [-0.2, -0.15) is 0 Å². The highest BCUT2D eigenvalue weighted by molar-refractivity contribution is 6.05. The molecule has 4 heteroatoms. The van der Waals surface area contributed by atoms with Gasteiger partial charge in [0, 0.05) is 38.9 Å². The fourth-order valence-electron chi connectivity index (χ4n) is 7.90. The number of benzene rings is 6. The summed E-state index contributed by atoms with van der Waals surface area (Å²) in [6.45, 7) is 2.16. The monoisotopic (exact) mass is 730 g/mol. The summed E-state index contributed by atoms with van der Waals surface area (Å²) >= 11 is 0. The molecule has 0 fully saturated rings. The molecule has 270 valence electrons. The predicted octanol–water partition coefficient (Wildman–Crippen LogP) is 13.3. The molecule has 0 saturated carbocycles. The molecule has 10 rings (SSSR count). The van der Waals surface area contributed by atoms with Gasteiger partial charge >= 0.3 is 0 Å². The second-order valence-corrected chi connectivity index (χ2v) is 14.7. The van der Waals surface area contributed by atoms with Crippen LogP contribution >= 0.6 is 0 Å². The van der Waals surface area contributed by atoms with Gasteiger partial charge in [-0.15, -0.1) is 0 Å². The molecule has 0 saturated heterocycles. The van der Waals surface area contributed by atoms with Crippen molar-refractivity contribution in [3.05, 3.63) is 211 Å². The maximum Gasteiger partial charge on any atom is 0.160 e. The first-order valence-corrected chi connectivity index (χ1v) is 19.5. The van der Waals surface area contributed by atoms with Gasteiger partial charge in [0.05, 0.1) is 33.8 Å². The molecule has 1 unspecified atom stereocenters. The van der Waals surface area contributed by atoms with E-state index in [9.17, 15) is 0 Å². The van der Waals surface area contributed by atoms with Crippen LogP contribution < -0.4 is 0 Å². The largest absolute Gasteiger partial charge is 0.246 e. The smallest absolute Gasteiger partial charge is 0.160 e. The molecule has 0 bridgehead atoms. The van der Waals surface area contributed by atoms with Crippen LogP contribution in [0.3, 0.4) is 0 Å². The molecule has 3 aromatic heterocycles. The zero-order valence-corrected chi connectivity index (χ0v) is 31.5. The van der Waals surface area contributed by atoms with Gasteiger partial charge in [0.2, 0.25) is 0 Å². The standard InChI is InChI=1S/C53H38N4/c1-35-32-48(39-14-7-3-8-15-39)55-52-46(35)30-28-42-29-31-47(54-51(42)52)45-19-11-18-44(33-45)38-20-24-41(25-21-38)50-34-49(40-16-9-4-10-17-40)56-53(57-50)43-26-22-37(23-27-43)36-12-5-2-6-13-36/h2-32,34,44H,33H2,1H3. The van der Waals surface area contributed by atoms with E-state index in [4.69, 9.17) is 19.9 Å². The molecule has 3 heterocycles. The summed E-state index contributed by atoms with van der Waals surface area (Å²) in [6, 6.07) is 61.5. The number of allylic oxidation sites excluding steroid dienone is 4. The van der Waals surface area contributed by atoms with Crippen LogP contribution in [0.25, 0.3) is 83.7 Å². The van der Waals surface area contributed by atoms with E-state index >= 15 is 0 Å². The number of nitrogens with zero attached hydrogens (tertiary/aromatic N) is 4. The maximum absolute atomic E-state index is 5.29. The van der Waals surface area contributed by atoms with Gasteiger partial charge in [-0.1, -0.05) is 176 Å². The Bertz CT molecular complexity index is 2950. The Morgan fingerprint density at radius 2 is 0.965 bits per heavy atom. The van der Waals surface area contributed by atoms with E-state index in [1.54, 1.807) is 0 Å². The third-order valence-corrected chi connectivity index (χ3v) is 11.0. The van der Waals surface area contributed by atoms with Crippen LogP contribution in [0.2, 0.25) is 0 Å². The Kier molecular flexibility index (Phi) is 8.85. The van der Waals surface area contributed by atoms with E-state index < -0.39 is 0 Å². The lowest BCUT2D eigenvalue weighted by Gasteiger charge is -2.20. The Morgan fingerprint density at radius 1 is 0.439 bits per heavy atom. The average molecular weight is 731 g/mol. The van der Waals surface area contributed by atoms with Crippen molar-refractivity contribution in [2.75, 3.05) is 0 Å². The third-order valence-electron chi connectivity index (χ3n) is 11.0. The summed E-state index contributed by atoms with van der Waals surface area (Å²) in [5.74, 6) is 0.926. The van der Waals surface area contributed by atoms with Crippen molar-refractivity contribution in [1.82, 2.24) is 19.9 Å². The van der Waals surface area contributed by atoms with Gasteiger partial charge in [-0.25, -0.2) is 19.9 Å². The van der Waals surface area contributed by atoms with Gasteiger partial charge in [-0.05, 0) is 59.4 Å². The number of rotatable bonds is 7. The molecule has 0 spiro atoms. The van der Waals surface area contributed by atoms with Crippen LogP contribution in [0.1, 0.15) is 29.2 Å². The van der Waals surface area contributed by atoms with Crippen LogP contribution in [0.15, 0.2) is 194 Å². The van der Waals surface area contributed by atoms with Crippen LogP contribution in [0, 0.1) is 6.92 Å². The summed E-state index contributed by atoms with van der Waals surface area (Å²) in [5, 5.41) is 2.23. The van der Waals surface area contributed by atoms with Gasteiger partial charge in [-0.3, -0.25) is 0 Å². The second-order valence-electron chi connectivity index (χ2n) is 14.7. The minimum atomic E-state index is 0.220. The topological polar surface area (TPSA) is 51.6 Å². The molecule has 57 heavy (non-hydrogen) atoms. The van der Waals surface area contributed by atoms with Crippen molar-refractivity contribution >= 4 is 27.4 Å². The highest BCUT2D eigenvalue weighted by Crippen LogP contribution is 2.37. The number of fused-ring (bicyclic) bond motifs is 3.